The normalized spacial score (nSPS) is 25.8. The second kappa shape index (κ2) is 1.53. The van der Waals surface area contributed by atoms with Crippen molar-refractivity contribution in [3.05, 3.63) is 16.6 Å². The molecule has 3 heteroatoms. The summed E-state index contributed by atoms with van der Waals surface area (Å²) < 4.78 is 5.00. The average Bonchev–Trinajstić information content (AvgIpc) is 2.49. The first-order chi connectivity index (χ1) is 3.97. The maximum absolute atomic E-state index is 5.00. The Bertz CT molecular complexity index is 169. The quantitative estimate of drug-likeness (QED) is 0.530. The molecule has 1 atom stereocenters. The highest BCUT2D eigenvalue weighted by Crippen LogP contribution is 2.28. The summed E-state index contributed by atoms with van der Waals surface area (Å²) in [6, 6.07) is 0. The van der Waals surface area contributed by atoms with Crippen molar-refractivity contribution < 1.29 is 4.74 Å². The number of rotatable bonds is 1. The molecule has 0 bridgehead atoms. The Balaban J connectivity index is 2.28. The topological polar surface area (TPSA) is 25.4 Å². The summed E-state index contributed by atoms with van der Waals surface area (Å²) in [6.45, 7) is 0.865. The zero-order chi connectivity index (χ0) is 5.40. The number of epoxide rings is 1. The molecule has 2 nitrogen and oxygen atoms in total. The highest BCUT2D eigenvalue weighted by molar-refractivity contribution is 7.07. The van der Waals surface area contributed by atoms with Crippen molar-refractivity contribution in [1.82, 2.24) is 4.98 Å². The molecule has 0 spiro atoms. The fourth-order valence-electron chi connectivity index (χ4n) is 0.600. The van der Waals surface area contributed by atoms with Crippen LogP contribution in [-0.2, 0) is 4.74 Å². The fraction of sp³-hybridized carbons (Fsp3) is 0.400. The van der Waals surface area contributed by atoms with Gasteiger partial charge in [0.15, 0.2) is 0 Å². The SMILES string of the molecule is c1nc([C@@H]2CO2)cs1. The number of thiazole rings is 1. The zero-order valence-electron chi connectivity index (χ0n) is 4.20. The van der Waals surface area contributed by atoms with Gasteiger partial charge in [0.25, 0.3) is 0 Å². The first kappa shape index (κ1) is 4.47. The van der Waals surface area contributed by atoms with Gasteiger partial charge in [0.1, 0.15) is 6.10 Å². The molecule has 1 aliphatic heterocycles. The smallest absolute Gasteiger partial charge is 0.124 e. The minimum Gasteiger partial charge on any atom is -0.366 e. The summed E-state index contributed by atoms with van der Waals surface area (Å²) in [5.74, 6) is 0. The highest BCUT2D eigenvalue weighted by atomic mass is 32.1. The lowest BCUT2D eigenvalue weighted by Crippen LogP contribution is -1.75. The predicted molar refractivity (Wildman–Crippen MR) is 30.8 cm³/mol. The van der Waals surface area contributed by atoms with E-state index in [9.17, 15) is 0 Å². The van der Waals surface area contributed by atoms with Crippen LogP contribution < -0.4 is 0 Å². The molecule has 0 aromatic carbocycles. The Morgan fingerprint density at radius 2 is 2.75 bits per heavy atom. The zero-order valence-corrected chi connectivity index (χ0v) is 5.02. The van der Waals surface area contributed by atoms with E-state index in [1.807, 2.05) is 10.9 Å². The van der Waals surface area contributed by atoms with Gasteiger partial charge in [-0.05, 0) is 0 Å². The van der Waals surface area contributed by atoms with Gasteiger partial charge in [-0.15, -0.1) is 11.3 Å². The summed E-state index contributed by atoms with van der Waals surface area (Å²) in [7, 11) is 0. The van der Waals surface area contributed by atoms with Gasteiger partial charge in [-0.2, -0.15) is 0 Å². The van der Waals surface area contributed by atoms with Crippen molar-refractivity contribution in [3.8, 4) is 0 Å². The molecule has 0 amide bonds. The van der Waals surface area contributed by atoms with E-state index < -0.39 is 0 Å². The van der Waals surface area contributed by atoms with E-state index in [4.69, 9.17) is 4.74 Å². The largest absolute Gasteiger partial charge is 0.366 e. The Kier molecular flexibility index (Phi) is 0.856. The van der Waals surface area contributed by atoms with Gasteiger partial charge in [-0.1, -0.05) is 0 Å². The van der Waals surface area contributed by atoms with Gasteiger partial charge in [0.2, 0.25) is 0 Å². The summed E-state index contributed by atoms with van der Waals surface area (Å²) in [4.78, 5) is 4.07. The van der Waals surface area contributed by atoms with Crippen LogP contribution in [0, 0.1) is 0 Å². The predicted octanol–water partition coefficient (Wildman–Crippen LogP) is 1.21. The molecule has 0 aliphatic carbocycles. The second-order valence-corrected chi connectivity index (χ2v) is 2.45. The first-order valence-electron chi connectivity index (χ1n) is 2.46. The maximum Gasteiger partial charge on any atom is 0.124 e. The molecule has 42 valence electrons. The Labute approximate surface area is 51.1 Å². The summed E-state index contributed by atoms with van der Waals surface area (Å²) in [5, 5.41) is 2.03. The molecular weight excluding hydrogens is 122 g/mol. The van der Waals surface area contributed by atoms with Crippen molar-refractivity contribution >= 4 is 11.3 Å². The number of hydrogen-bond donors (Lipinski definition) is 0. The number of nitrogens with zero attached hydrogens (tertiary/aromatic N) is 1. The molecule has 0 saturated carbocycles. The fourth-order valence-corrected chi connectivity index (χ4v) is 1.20. The van der Waals surface area contributed by atoms with E-state index in [1.165, 1.54) is 0 Å². The third kappa shape index (κ3) is 0.638. The first-order valence-corrected chi connectivity index (χ1v) is 3.41. The number of ether oxygens (including phenoxy) is 1. The van der Waals surface area contributed by atoms with Crippen LogP contribution in [0.3, 0.4) is 0 Å². The van der Waals surface area contributed by atoms with E-state index in [1.54, 1.807) is 11.3 Å². The molecule has 1 aromatic rings. The standard InChI is InChI=1S/C5H5NOS/c1-5(7-1)4-2-8-3-6-4/h2-3,5H,1H2/t5-/m0/s1. The molecule has 0 N–H and O–H groups in total. The van der Waals surface area contributed by atoms with Crippen molar-refractivity contribution in [2.24, 2.45) is 0 Å². The van der Waals surface area contributed by atoms with Crippen LogP contribution in [0.25, 0.3) is 0 Å². The Morgan fingerprint density at radius 3 is 3.25 bits per heavy atom. The van der Waals surface area contributed by atoms with Gasteiger partial charge in [0, 0.05) is 5.38 Å². The van der Waals surface area contributed by atoms with Crippen LogP contribution in [0.2, 0.25) is 0 Å². The van der Waals surface area contributed by atoms with Gasteiger partial charge < -0.3 is 4.74 Å². The van der Waals surface area contributed by atoms with E-state index in [0.717, 1.165) is 12.3 Å². The summed E-state index contributed by atoms with van der Waals surface area (Å²) >= 11 is 1.62. The Hall–Kier alpha value is -0.410. The van der Waals surface area contributed by atoms with Crippen LogP contribution >= 0.6 is 11.3 Å². The molecule has 1 fully saturated rings. The minimum atomic E-state index is 0.334. The van der Waals surface area contributed by atoms with Crippen LogP contribution in [0.5, 0.6) is 0 Å². The molecule has 2 rings (SSSR count). The van der Waals surface area contributed by atoms with Crippen LogP contribution in [0.4, 0.5) is 0 Å². The molecular formula is C5H5NOS. The van der Waals surface area contributed by atoms with Crippen molar-refractivity contribution in [1.29, 1.82) is 0 Å². The van der Waals surface area contributed by atoms with Crippen molar-refractivity contribution in [2.75, 3.05) is 6.61 Å². The van der Waals surface area contributed by atoms with E-state index in [0.29, 0.717) is 6.10 Å². The number of aromatic nitrogens is 1. The van der Waals surface area contributed by atoms with Crippen LogP contribution in [-0.4, -0.2) is 11.6 Å². The van der Waals surface area contributed by atoms with Crippen LogP contribution in [0.15, 0.2) is 10.9 Å². The summed E-state index contributed by atoms with van der Waals surface area (Å²) in [6.07, 6.45) is 0.334. The lowest BCUT2D eigenvalue weighted by atomic mass is 10.4. The maximum atomic E-state index is 5.00. The number of hydrogen-bond acceptors (Lipinski definition) is 3. The van der Waals surface area contributed by atoms with E-state index in [-0.39, 0.29) is 0 Å². The lowest BCUT2D eigenvalue weighted by molar-refractivity contribution is 0.412. The highest BCUT2D eigenvalue weighted by Gasteiger charge is 2.25. The molecule has 0 radical (unpaired) electrons. The minimum absolute atomic E-state index is 0.334. The molecule has 8 heavy (non-hydrogen) atoms. The summed E-state index contributed by atoms with van der Waals surface area (Å²) in [5.41, 5.74) is 2.92. The van der Waals surface area contributed by atoms with Gasteiger partial charge in [-0.25, -0.2) is 4.98 Å². The van der Waals surface area contributed by atoms with Gasteiger partial charge >= 0.3 is 0 Å². The van der Waals surface area contributed by atoms with Crippen molar-refractivity contribution in [2.45, 2.75) is 6.10 Å². The molecule has 1 aliphatic rings. The molecule has 1 aromatic heterocycles. The molecule has 0 unspecified atom stereocenters. The van der Waals surface area contributed by atoms with Crippen LogP contribution in [0.1, 0.15) is 11.8 Å². The lowest BCUT2D eigenvalue weighted by Gasteiger charge is -1.77. The van der Waals surface area contributed by atoms with E-state index in [2.05, 4.69) is 4.98 Å². The average molecular weight is 127 g/mol. The third-order valence-electron chi connectivity index (χ3n) is 1.11. The van der Waals surface area contributed by atoms with E-state index >= 15 is 0 Å². The monoisotopic (exact) mass is 127 g/mol. The molecule has 2 heterocycles. The molecule has 1 saturated heterocycles. The van der Waals surface area contributed by atoms with Crippen molar-refractivity contribution in [3.63, 3.8) is 0 Å². The van der Waals surface area contributed by atoms with Gasteiger partial charge in [-0.3, -0.25) is 0 Å². The third-order valence-corrected chi connectivity index (χ3v) is 1.72. The van der Waals surface area contributed by atoms with Gasteiger partial charge in [0.05, 0.1) is 17.8 Å². The Morgan fingerprint density at radius 1 is 1.88 bits per heavy atom. The second-order valence-electron chi connectivity index (χ2n) is 1.74.